The lowest BCUT2D eigenvalue weighted by atomic mass is 10.1. The molecule has 0 spiro atoms. The molecule has 5 rings (SSSR count). The first kappa shape index (κ1) is 22.7. The fraction of sp³-hybridized carbons (Fsp3) is 0.296. The van der Waals surface area contributed by atoms with E-state index in [-0.39, 0.29) is 18.6 Å². The van der Waals surface area contributed by atoms with E-state index in [1.54, 1.807) is 23.3 Å². The molecule has 8 nitrogen and oxygen atoms in total. The Labute approximate surface area is 204 Å². The standard InChI is InChI=1S/C27H28N6O2/c1-27(2,3)35-24(34)17-33-16-22(25(32-33)23-10-6-7-11-28-23)20-14-29-26(30-15-20)31-21-12-18-8-4-5-9-19(18)13-21/h4-11,14-16,21H,12-13,17H2,1-3H3,(H,29,30,31). The van der Waals surface area contributed by atoms with Crippen LogP contribution in [0.1, 0.15) is 31.9 Å². The fourth-order valence-corrected chi connectivity index (χ4v) is 4.30. The van der Waals surface area contributed by atoms with E-state index in [9.17, 15) is 4.79 Å². The van der Waals surface area contributed by atoms with Crippen LogP contribution in [-0.4, -0.2) is 42.3 Å². The van der Waals surface area contributed by atoms with Gasteiger partial charge in [0.2, 0.25) is 5.95 Å². The minimum absolute atomic E-state index is 0.000160. The van der Waals surface area contributed by atoms with Gasteiger partial charge < -0.3 is 10.1 Å². The first-order valence-electron chi connectivity index (χ1n) is 11.7. The van der Waals surface area contributed by atoms with E-state index in [0.717, 1.165) is 24.0 Å². The number of hydrogen-bond donors (Lipinski definition) is 1. The third-order valence-corrected chi connectivity index (χ3v) is 5.73. The third-order valence-electron chi connectivity index (χ3n) is 5.73. The SMILES string of the molecule is CC(C)(C)OC(=O)Cn1cc(-c2cnc(NC3Cc4ccccc4C3)nc2)c(-c2ccccn2)n1. The highest BCUT2D eigenvalue weighted by Crippen LogP contribution is 2.30. The molecule has 1 aliphatic rings. The van der Waals surface area contributed by atoms with E-state index in [1.165, 1.54) is 11.1 Å². The number of carbonyl (C=O) groups excluding carboxylic acids is 1. The molecule has 0 aliphatic heterocycles. The van der Waals surface area contributed by atoms with Gasteiger partial charge in [-0.1, -0.05) is 30.3 Å². The Balaban J connectivity index is 1.37. The van der Waals surface area contributed by atoms with Gasteiger partial charge in [-0.2, -0.15) is 5.10 Å². The number of hydrogen-bond acceptors (Lipinski definition) is 7. The van der Waals surface area contributed by atoms with Crippen LogP contribution in [-0.2, 0) is 28.9 Å². The highest BCUT2D eigenvalue weighted by atomic mass is 16.6. The number of nitrogens with one attached hydrogen (secondary N) is 1. The second-order valence-corrected chi connectivity index (χ2v) is 9.70. The molecular weight excluding hydrogens is 440 g/mol. The lowest BCUT2D eigenvalue weighted by Crippen LogP contribution is -2.26. The number of esters is 1. The van der Waals surface area contributed by atoms with E-state index < -0.39 is 5.60 Å². The van der Waals surface area contributed by atoms with Crippen molar-refractivity contribution in [1.82, 2.24) is 24.7 Å². The number of aromatic nitrogens is 5. The molecule has 4 aromatic rings. The van der Waals surface area contributed by atoms with E-state index in [2.05, 4.69) is 49.6 Å². The van der Waals surface area contributed by atoms with Crippen LogP contribution in [0.4, 0.5) is 5.95 Å². The van der Waals surface area contributed by atoms with Crippen molar-refractivity contribution in [3.05, 3.63) is 78.4 Å². The number of anilines is 1. The molecule has 1 aliphatic carbocycles. The van der Waals surface area contributed by atoms with Crippen LogP contribution < -0.4 is 5.32 Å². The van der Waals surface area contributed by atoms with Crippen molar-refractivity contribution in [3.63, 3.8) is 0 Å². The Morgan fingerprint density at radius 1 is 1.03 bits per heavy atom. The van der Waals surface area contributed by atoms with Crippen molar-refractivity contribution in [2.24, 2.45) is 0 Å². The number of carbonyl (C=O) groups is 1. The minimum Gasteiger partial charge on any atom is -0.459 e. The first-order chi connectivity index (χ1) is 16.8. The maximum absolute atomic E-state index is 12.4. The average Bonchev–Trinajstić information content (AvgIpc) is 3.42. The molecule has 3 aromatic heterocycles. The van der Waals surface area contributed by atoms with E-state index in [4.69, 9.17) is 4.74 Å². The zero-order valence-corrected chi connectivity index (χ0v) is 20.1. The van der Waals surface area contributed by atoms with Crippen molar-refractivity contribution in [2.45, 2.75) is 51.8 Å². The number of ether oxygens (including phenoxy) is 1. The van der Waals surface area contributed by atoms with Gasteiger partial charge in [-0.25, -0.2) is 9.97 Å². The topological polar surface area (TPSA) is 94.8 Å². The summed E-state index contributed by atoms with van der Waals surface area (Å²) in [6, 6.07) is 14.4. The van der Waals surface area contributed by atoms with Crippen LogP contribution in [0.25, 0.3) is 22.5 Å². The average molecular weight is 469 g/mol. The second-order valence-electron chi connectivity index (χ2n) is 9.70. The van der Waals surface area contributed by atoms with E-state index in [0.29, 0.717) is 17.3 Å². The van der Waals surface area contributed by atoms with Crippen LogP contribution in [0.2, 0.25) is 0 Å². The van der Waals surface area contributed by atoms with E-state index in [1.807, 2.05) is 45.2 Å². The fourth-order valence-electron chi connectivity index (χ4n) is 4.30. The molecule has 0 unspecified atom stereocenters. The molecule has 1 N–H and O–H groups in total. The predicted molar refractivity (Wildman–Crippen MR) is 134 cm³/mol. The van der Waals surface area contributed by atoms with Crippen molar-refractivity contribution in [3.8, 4) is 22.5 Å². The molecule has 3 heterocycles. The van der Waals surface area contributed by atoms with Crippen LogP contribution in [0.5, 0.6) is 0 Å². The van der Waals surface area contributed by atoms with Gasteiger partial charge in [-0.15, -0.1) is 0 Å². The summed E-state index contributed by atoms with van der Waals surface area (Å²) in [4.78, 5) is 26.0. The molecule has 0 saturated heterocycles. The summed E-state index contributed by atoms with van der Waals surface area (Å²) in [5.41, 5.74) is 5.14. The number of nitrogens with zero attached hydrogens (tertiary/aromatic N) is 5. The highest BCUT2D eigenvalue weighted by Gasteiger charge is 2.22. The van der Waals surface area contributed by atoms with Gasteiger partial charge in [0.15, 0.2) is 0 Å². The van der Waals surface area contributed by atoms with Crippen molar-refractivity contribution >= 4 is 11.9 Å². The summed E-state index contributed by atoms with van der Waals surface area (Å²) >= 11 is 0. The molecule has 0 fully saturated rings. The number of benzene rings is 1. The predicted octanol–water partition coefficient (Wildman–Crippen LogP) is 4.32. The number of fused-ring (bicyclic) bond motifs is 1. The van der Waals surface area contributed by atoms with Gasteiger partial charge in [0, 0.05) is 42.0 Å². The monoisotopic (exact) mass is 468 g/mol. The van der Waals surface area contributed by atoms with Gasteiger partial charge in [0.25, 0.3) is 0 Å². The van der Waals surface area contributed by atoms with Crippen LogP contribution in [0.3, 0.4) is 0 Å². The molecule has 178 valence electrons. The van der Waals surface area contributed by atoms with Crippen molar-refractivity contribution in [1.29, 1.82) is 0 Å². The maximum atomic E-state index is 12.4. The normalized spacial score (nSPS) is 13.5. The van der Waals surface area contributed by atoms with Gasteiger partial charge >= 0.3 is 5.97 Å². The molecule has 35 heavy (non-hydrogen) atoms. The molecule has 0 amide bonds. The Morgan fingerprint density at radius 3 is 2.34 bits per heavy atom. The molecule has 0 saturated carbocycles. The Kier molecular flexibility index (Phi) is 6.03. The molecular formula is C27H28N6O2. The molecule has 8 heteroatoms. The van der Waals surface area contributed by atoms with Gasteiger partial charge in [-0.05, 0) is 56.9 Å². The first-order valence-corrected chi connectivity index (χ1v) is 11.7. The Morgan fingerprint density at radius 2 is 1.71 bits per heavy atom. The quantitative estimate of drug-likeness (QED) is 0.421. The lowest BCUT2D eigenvalue weighted by Gasteiger charge is -2.19. The zero-order valence-electron chi connectivity index (χ0n) is 20.1. The highest BCUT2D eigenvalue weighted by molar-refractivity contribution is 5.79. The largest absolute Gasteiger partial charge is 0.459 e. The lowest BCUT2D eigenvalue weighted by molar-refractivity contribution is -0.155. The molecule has 0 bridgehead atoms. The molecule has 0 radical (unpaired) electrons. The molecule has 0 atom stereocenters. The van der Waals surface area contributed by atoms with E-state index >= 15 is 0 Å². The maximum Gasteiger partial charge on any atom is 0.328 e. The summed E-state index contributed by atoms with van der Waals surface area (Å²) < 4.78 is 7.03. The summed E-state index contributed by atoms with van der Waals surface area (Å²) in [5.74, 6) is 0.236. The zero-order chi connectivity index (χ0) is 24.4. The van der Waals surface area contributed by atoms with Crippen molar-refractivity contribution < 1.29 is 9.53 Å². The Hall–Kier alpha value is -4.07. The van der Waals surface area contributed by atoms with Crippen LogP contribution in [0.15, 0.2) is 67.3 Å². The number of rotatable bonds is 6. The second kappa shape index (κ2) is 9.29. The summed E-state index contributed by atoms with van der Waals surface area (Å²) in [7, 11) is 0. The third kappa shape index (κ3) is 5.37. The smallest absolute Gasteiger partial charge is 0.328 e. The minimum atomic E-state index is -0.561. The summed E-state index contributed by atoms with van der Waals surface area (Å²) in [5, 5.41) is 8.09. The van der Waals surface area contributed by atoms with Crippen molar-refractivity contribution in [2.75, 3.05) is 5.32 Å². The summed E-state index contributed by atoms with van der Waals surface area (Å²) in [6.07, 6.45) is 9.00. The van der Waals surface area contributed by atoms with Gasteiger partial charge in [-0.3, -0.25) is 14.5 Å². The number of pyridine rings is 1. The Bertz CT molecular complexity index is 1300. The van der Waals surface area contributed by atoms with Gasteiger partial charge in [0.1, 0.15) is 17.8 Å². The van der Waals surface area contributed by atoms with Crippen LogP contribution >= 0.6 is 0 Å². The van der Waals surface area contributed by atoms with Gasteiger partial charge in [0.05, 0.1) is 5.69 Å². The molecule has 1 aromatic carbocycles. The summed E-state index contributed by atoms with van der Waals surface area (Å²) in [6.45, 7) is 5.53. The van der Waals surface area contributed by atoms with Crippen LogP contribution in [0, 0.1) is 0 Å².